The van der Waals surface area contributed by atoms with Crippen molar-refractivity contribution in [1.29, 1.82) is 0 Å². The Morgan fingerprint density at radius 3 is 2.48 bits per heavy atom. The van der Waals surface area contributed by atoms with Gasteiger partial charge < -0.3 is 20.1 Å². The van der Waals surface area contributed by atoms with Crippen molar-refractivity contribution in [1.82, 2.24) is 10.6 Å². The number of carbonyl (C=O) groups excluding carboxylic acids is 1. The fourth-order valence-corrected chi connectivity index (χ4v) is 3.31. The molecule has 0 spiro atoms. The van der Waals surface area contributed by atoms with Crippen LogP contribution in [0.3, 0.4) is 0 Å². The first kappa shape index (κ1) is 24.7. The van der Waals surface area contributed by atoms with Gasteiger partial charge in [-0.3, -0.25) is 4.79 Å². The number of carbonyl (C=O) groups is 1. The minimum absolute atomic E-state index is 0.0545. The minimum atomic E-state index is -0.197. The second kappa shape index (κ2) is 13.0. The molecule has 0 radical (unpaired) electrons. The number of methoxy groups -OCH3 is 1. The molecule has 2 N–H and O–H groups in total. The van der Waals surface area contributed by atoms with Gasteiger partial charge in [0.2, 0.25) is 5.91 Å². The monoisotopic (exact) mass is 426 g/mol. The Morgan fingerprint density at radius 2 is 1.77 bits per heavy atom. The highest BCUT2D eigenvalue weighted by atomic mass is 16.5. The molecule has 1 amide bonds. The summed E-state index contributed by atoms with van der Waals surface area (Å²) in [4.78, 5) is 11.9. The summed E-state index contributed by atoms with van der Waals surface area (Å²) in [7, 11) is 1.68. The molecule has 0 unspecified atom stereocenters. The van der Waals surface area contributed by atoms with Crippen LogP contribution in [0.15, 0.2) is 48.5 Å². The zero-order valence-electron chi connectivity index (χ0n) is 19.5. The topological polar surface area (TPSA) is 59.6 Å². The van der Waals surface area contributed by atoms with Crippen LogP contribution in [0.2, 0.25) is 0 Å². The average Bonchev–Trinajstić information content (AvgIpc) is 2.73. The Balaban J connectivity index is 1.66. The predicted molar refractivity (Wildman–Crippen MR) is 127 cm³/mol. The van der Waals surface area contributed by atoms with Crippen LogP contribution in [0.5, 0.6) is 11.5 Å². The Morgan fingerprint density at radius 1 is 1.00 bits per heavy atom. The lowest BCUT2D eigenvalue weighted by molar-refractivity contribution is -0.122. The Hall–Kier alpha value is -2.53. The van der Waals surface area contributed by atoms with Crippen molar-refractivity contribution >= 4 is 5.91 Å². The van der Waals surface area contributed by atoms with E-state index in [-0.39, 0.29) is 11.4 Å². The highest BCUT2D eigenvalue weighted by molar-refractivity contribution is 5.76. The van der Waals surface area contributed by atoms with E-state index in [4.69, 9.17) is 9.47 Å². The predicted octanol–water partition coefficient (Wildman–Crippen LogP) is 4.88. The zero-order valence-corrected chi connectivity index (χ0v) is 19.5. The van der Waals surface area contributed by atoms with Gasteiger partial charge in [-0.05, 0) is 64.6 Å². The quantitative estimate of drug-likeness (QED) is 0.448. The van der Waals surface area contributed by atoms with Crippen LogP contribution in [0.4, 0.5) is 0 Å². The average molecular weight is 427 g/mol. The molecule has 5 nitrogen and oxygen atoms in total. The number of benzene rings is 2. The fourth-order valence-electron chi connectivity index (χ4n) is 3.31. The Bertz CT molecular complexity index is 785. The number of nitrogens with one attached hydrogen (secondary N) is 2. The van der Waals surface area contributed by atoms with Crippen LogP contribution in [-0.2, 0) is 17.8 Å². The lowest BCUT2D eigenvalue weighted by Crippen LogP contribution is -2.40. The summed E-state index contributed by atoms with van der Waals surface area (Å²) in [6, 6.07) is 16.5. The molecule has 0 aliphatic rings. The van der Waals surface area contributed by atoms with Gasteiger partial charge in [0.1, 0.15) is 11.5 Å². The van der Waals surface area contributed by atoms with Gasteiger partial charge in [-0.2, -0.15) is 0 Å². The van der Waals surface area contributed by atoms with E-state index in [1.807, 2.05) is 39.0 Å². The van der Waals surface area contributed by atoms with Crippen molar-refractivity contribution < 1.29 is 14.3 Å². The third-order valence-electron chi connectivity index (χ3n) is 4.82. The molecule has 170 valence electrons. The normalized spacial score (nSPS) is 11.2. The van der Waals surface area contributed by atoms with Gasteiger partial charge in [0.25, 0.3) is 0 Å². The minimum Gasteiger partial charge on any atom is -0.496 e. The summed E-state index contributed by atoms with van der Waals surface area (Å²) < 4.78 is 11.3. The summed E-state index contributed by atoms with van der Waals surface area (Å²) in [6.07, 6.45) is 4.57. The lowest BCUT2D eigenvalue weighted by Gasteiger charge is -2.20. The first-order valence-electron chi connectivity index (χ1n) is 11.2. The smallest absolute Gasteiger partial charge is 0.220 e. The molecule has 2 rings (SSSR count). The largest absolute Gasteiger partial charge is 0.496 e. The number of amides is 1. The molecule has 0 aliphatic carbocycles. The molecule has 0 fully saturated rings. The molecule has 0 bridgehead atoms. The van der Waals surface area contributed by atoms with E-state index in [1.54, 1.807) is 7.11 Å². The van der Waals surface area contributed by atoms with E-state index in [1.165, 1.54) is 12.0 Å². The van der Waals surface area contributed by atoms with Crippen LogP contribution in [-0.4, -0.2) is 31.7 Å². The van der Waals surface area contributed by atoms with Crippen molar-refractivity contribution in [3.8, 4) is 11.5 Å². The molecular formula is C26H38N2O3. The highest BCUT2D eigenvalue weighted by Gasteiger charge is 2.13. The summed E-state index contributed by atoms with van der Waals surface area (Å²) in [5, 5.41) is 6.46. The van der Waals surface area contributed by atoms with E-state index in [0.29, 0.717) is 19.4 Å². The van der Waals surface area contributed by atoms with E-state index >= 15 is 0 Å². The van der Waals surface area contributed by atoms with Crippen LogP contribution in [0.1, 0.15) is 57.6 Å². The molecule has 2 aromatic rings. The van der Waals surface area contributed by atoms with E-state index < -0.39 is 0 Å². The van der Waals surface area contributed by atoms with E-state index in [9.17, 15) is 4.79 Å². The standard InChI is InChI=1S/C26H38N2O3/c1-26(2,3)28-25(29)14-10-18-31-23-16-15-22(24(19-23)30-4)20-27-17-9-8-13-21-11-6-5-7-12-21/h5-7,11-12,15-16,19,27H,8-10,13-14,17-18,20H2,1-4H3,(H,28,29). The van der Waals surface area contributed by atoms with Crippen molar-refractivity contribution in [2.24, 2.45) is 0 Å². The summed E-state index contributed by atoms with van der Waals surface area (Å²) in [5.41, 5.74) is 2.31. The van der Waals surface area contributed by atoms with Crippen molar-refractivity contribution in [2.45, 2.75) is 65.0 Å². The maximum atomic E-state index is 11.9. The Kier molecular flexibility index (Phi) is 10.4. The number of ether oxygens (including phenoxy) is 2. The van der Waals surface area contributed by atoms with Gasteiger partial charge in [-0.15, -0.1) is 0 Å². The number of rotatable bonds is 13. The first-order chi connectivity index (χ1) is 14.9. The third-order valence-corrected chi connectivity index (χ3v) is 4.82. The molecule has 0 aliphatic heterocycles. The first-order valence-corrected chi connectivity index (χ1v) is 11.2. The number of hydrogen-bond donors (Lipinski definition) is 2. The third kappa shape index (κ3) is 10.4. The highest BCUT2D eigenvalue weighted by Crippen LogP contribution is 2.25. The molecule has 0 heterocycles. The number of unbranched alkanes of at least 4 members (excludes halogenated alkanes) is 1. The second-order valence-electron chi connectivity index (χ2n) is 8.84. The summed E-state index contributed by atoms with van der Waals surface area (Å²) in [6.45, 7) is 8.19. The van der Waals surface area contributed by atoms with E-state index in [2.05, 4.69) is 41.0 Å². The molecule has 0 saturated carbocycles. The fraction of sp³-hybridized carbons (Fsp3) is 0.500. The maximum Gasteiger partial charge on any atom is 0.220 e. The van der Waals surface area contributed by atoms with Crippen molar-refractivity contribution in [3.63, 3.8) is 0 Å². The van der Waals surface area contributed by atoms with Gasteiger partial charge >= 0.3 is 0 Å². The van der Waals surface area contributed by atoms with Gasteiger partial charge in [0.05, 0.1) is 13.7 Å². The van der Waals surface area contributed by atoms with Crippen LogP contribution < -0.4 is 20.1 Å². The SMILES string of the molecule is COc1cc(OCCCC(=O)NC(C)(C)C)ccc1CNCCCCc1ccccc1. The second-order valence-corrected chi connectivity index (χ2v) is 8.84. The summed E-state index contributed by atoms with van der Waals surface area (Å²) in [5.74, 6) is 1.64. The number of hydrogen-bond acceptors (Lipinski definition) is 4. The molecule has 2 aromatic carbocycles. The molecule has 5 heteroatoms. The Labute approximate surface area is 187 Å². The van der Waals surface area contributed by atoms with Crippen molar-refractivity contribution in [3.05, 3.63) is 59.7 Å². The molecule has 31 heavy (non-hydrogen) atoms. The van der Waals surface area contributed by atoms with E-state index in [0.717, 1.165) is 43.0 Å². The maximum absolute atomic E-state index is 11.9. The van der Waals surface area contributed by atoms with Crippen LogP contribution in [0.25, 0.3) is 0 Å². The van der Waals surface area contributed by atoms with Gasteiger partial charge in [0, 0.05) is 30.1 Å². The molecule has 0 aromatic heterocycles. The number of aryl methyl sites for hydroxylation is 1. The molecular weight excluding hydrogens is 388 g/mol. The van der Waals surface area contributed by atoms with Crippen LogP contribution in [0, 0.1) is 0 Å². The van der Waals surface area contributed by atoms with Gasteiger partial charge in [0.15, 0.2) is 0 Å². The van der Waals surface area contributed by atoms with Crippen LogP contribution >= 0.6 is 0 Å². The van der Waals surface area contributed by atoms with Gasteiger partial charge in [-0.1, -0.05) is 36.4 Å². The summed E-state index contributed by atoms with van der Waals surface area (Å²) >= 11 is 0. The van der Waals surface area contributed by atoms with Gasteiger partial charge in [-0.25, -0.2) is 0 Å². The van der Waals surface area contributed by atoms with Crippen molar-refractivity contribution in [2.75, 3.05) is 20.3 Å². The molecule has 0 saturated heterocycles. The zero-order chi connectivity index (χ0) is 22.5. The molecule has 0 atom stereocenters. The lowest BCUT2D eigenvalue weighted by atomic mass is 10.1.